The van der Waals surface area contributed by atoms with E-state index in [9.17, 15) is 4.79 Å². The zero-order chi connectivity index (χ0) is 16.9. The Kier molecular flexibility index (Phi) is 4.96. The Bertz CT molecular complexity index is 811. The Morgan fingerprint density at radius 2 is 2.17 bits per heavy atom. The van der Waals surface area contributed by atoms with E-state index < -0.39 is 0 Å². The Morgan fingerprint density at radius 1 is 1.33 bits per heavy atom. The molecule has 3 rings (SSSR count). The minimum Gasteiger partial charge on any atom is -0.496 e. The van der Waals surface area contributed by atoms with E-state index >= 15 is 0 Å². The summed E-state index contributed by atoms with van der Waals surface area (Å²) in [5.41, 5.74) is 1.02. The number of rotatable bonds is 6. The second kappa shape index (κ2) is 7.31. The van der Waals surface area contributed by atoms with Crippen LogP contribution in [0.4, 0.5) is 0 Å². The van der Waals surface area contributed by atoms with Gasteiger partial charge in [0, 0.05) is 23.4 Å². The number of ether oxygens (including phenoxy) is 1. The molecule has 124 valence electrons. The second-order valence-electron chi connectivity index (χ2n) is 5.43. The van der Waals surface area contributed by atoms with Crippen LogP contribution in [0, 0.1) is 0 Å². The van der Waals surface area contributed by atoms with Crippen molar-refractivity contribution in [2.75, 3.05) is 7.11 Å². The van der Waals surface area contributed by atoms with Crippen molar-refractivity contribution < 1.29 is 14.1 Å². The van der Waals surface area contributed by atoms with Crippen LogP contribution in [0.3, 0.4) is 0 Å². The molecule has 24 heavy (non-hydrogen) atoms. The van der Waals surface area contributed by atoms with Crippen LogP contribution in [0.15, 0.2) is 52.4 Å². The number of carbonyl (C=O) groups excluding carboxylic acids is 1. The first-order chi connectivity index (χ1) is 11.7. The quantitative estimate of drug-likeness (QED) is 0.740. The topological polar surface area (TPSA) is 64.4 Å². The van der Waals surface area contributed by atoms with Crippen LogP contribution in [-0.2, 0) is 6.42 Å². The van der Waals surface area contributed by atoms with Gasteiger partial charge < -0.3 is 14.6 Å². The standard InChI is InChI=1S/C18H18N2O3S/c1-12(10-13-6-5-9-24-13)19-18(21)15-11-17(23-20-15)14-7-3-4-8-16(14)22-2/h3-9,11-12H,10H2,1-2H3,(H,19,21)/t12-/m0/s1. The monoisotopic (exact) mass is 342 g/mol. The zero-order valence-corrected chi connectivity index (χ0v) is 14.3. The van der Waals surface area contributed by atoms with E-state index in [-0.39, 0.29) is 17.6 Å². The average molecular weight is 342 g/mol. The van der Waals surface area contributed by atoms with Crippen molar-refractivity contribution in [3.63, 3.8) is 0 Å². The summed E-state index contributed by atoms with van der Waals surface area (Å²) < 4.78 is 10.6. The summed E-state index contributed by atoms with van der Waals surface area (Å²) in [6.07, 6.45) is 0.792. The molecule has 0 bridgehead atoms. The summed E-state index contributed by atoms with van der Waals surface area (Å²) in [7, 11) is 1.59. The molecule has 2 aromatic heterocycles. The molecule has 0 radical (unpaired) electrons. The number of benzene rings is 1. The highest BCUT2D eigenvalue weighted by Gasteiger charge is 2.17. The van der Waals surface area contributed by atoms with Crippen molar-refractivity contribution in [3.05, 3.63) is 58.4 Å². The third-order valence-electron chi connectivity index (χ3n) is 3.58. The number of methoxy groups -OCH3 is 1. The van der Waals surface area contributed by atoms with E-state index in [2.05, 4.69) is 16.5 Å². The van der Waals surface area contributed by atoms with Crippen LogP contribution in [0.1, 0.15) is 22.3 Å². The van der Waals surface area contributed by atoms with E-state index in [1.54, 1.807) is 24.5 Å². The van der Waals surface area contributed by atoms with Gasteiger partial charge in [-0.05, 0) is 30.5 Å². The van der Waals surface area contributed by atoms with Crippen molar-refractivity contribution in [1.29, 1.82) is 0 Å². The number of carbonyl (C=O) groups is 1. The lowest BCUT2D eigenvalue weighted by Gasteiger charge is -2.11. The summed E-state index contributed by atoms with van der Waals surface area (Å²) in [4.78, 5) is 13.6. The normalized spacial score (nSPS) is 11.9. The van der Waals surface area contributed by atoms with Gasteiger partial charge in [-0.15, -0.1) is 11.3 Å². The average Bonchev–Trinajstić information content (AvgIpc) is 3.26. The molecule has 3 aromatic rings. The molecule has 0 aliphatic heterocycles. The van der Waals surface area contributed by atoms with Gasteiger partial charge >= 0.3 is 0 Å². The van der Waals surface area contributed by atoms with Crippen molar-refractivity contribution in [1.82, 2.24) is 10.5 Å². The zero-order valence-electron chi connectivity index (χ0n) is 13.5. The molecule has 0 unspecified atom stereocenters. The van der Waals surface area contributed by atoms with Crippen LogP contribution in [-0.4, -0.2) is 24.2 Å². The van der Waals surface area contributed by atoms with Gasteiger partial charge in [0.1, 0.15) is 5.75 Å². The fourth-order valence-corrected chi connectivity index (χ4v) is 3.27. The molecule has 6 heteroatoms. The first kappa shape index (κ1) is 16.3. The fraction of sp³-hybridized carbons (Fsp3) is 0.222. The number of thiophene rings is 1. The van der Waals surface area contributed by atoms with Gasteiger partial charge in [-0.1, -0.05) is 23.4 Å². The second-order valence-corrected chi connectivity index (χ2v) is 6.47. The molecule has 2 heterocycles. The molecular weight excluding hydrogens is 324 g/mol. The van der Waals surface area contributed by atoms with Gasteiger partial charge in [-0.3, -0.25) is 4.79 Å². The molecule has 1 amide bonds. The summed E-state index contributed by atoms with van der Waals surface area (Å²) in [6.45, 7) is 1.97. The highest BCUT2D eigenvalue weighted by atomic mass is 32.1. The van der Waals surface area contributed by atoms with Gasteiger partial charge in [0.2, 0.25) is 0 Å². The van der Waals surface area contributed by atoms with Crippen LogP contribution in [0.5, 0.6) is 5.75 Å². The summed E-state index contributed by atoms with van der Waals surface area (Å²) in [6, 6.07) is 13.2. The molecule has 1 N–H and O–H groups in total. The maximum Gasteiger partial charge on any atom is 0.273 e. The van der Waals surface area contributed by atoms with Crippen molar-refractivity contribution in [2.45, 2.75) is 19.4 Å². The molecule has 0 aliphatic rings. The highest BCUT2D eigenvalue weighted by Crippen LogP contribution is 2.29. The number of hydrogen-bond donors (Lipinski definition) is 1. The SMILES string of the molecule is COc1ccccc1-c1cc(C(=O)N[C@@H](C)Cc2cccs2)no1. The molecule has 1 aromatic carbocycles. The Morgan fingerprint density at radius 3 is 2.92 bits per heavy atom. The third-order valence-corrected chi connectivity index (χ3v) is 4.48. The molecule has 5 nitrogen and oxygen atoms in total. The fourth-order valence-electron chi connectivity index (χ4n) is 2.44. The minimum atomic E-state index is -0.246. The molecule has 1 atom stereocenters. The number of hydrogen-bond acceptors (Lipinski definition) is 5. The first-order valence-electron chi connectivity index (χ1n) is 7.60. The molecule has 0 spiro atoms. The van der Waals surface area contributed by atoms with Gasteiger partial charge in [0.05, 0.1) is 12.7 Å². The van der Waals surface area contributed by atoms with E-state index in [4.69, 9.17) is 9.26 Å². The van der Waals surface area contributed by atoms with Gasteiger partial charge in [0.15, 0.2) is 11.5 Å². The van der Waals surface area contributed by atoms with E-state index in [1.807, 2.05) is 42.6 Å². The molecule has 0 saturated carbocycles. The summed E-state index contributed by atoms with van der Waals surface area (Å²) in [5.74, 6) is 0.930. The number of amides is 1. The molecule has 0 saturated heterocycles. The van der Waals surface area contributed by atoms with Crippen molar-refractivity contribution >= 4 is 17.2 Å². The van der Waals surface area contributed by atoms with Crippen LogP contribution in [0.2, 0.25) is 0 Å². The summed E-state index contributed by atoms with van der Waals surface area (Å²) in [5, 5.41) is 8.85. The van der Waals surface area contributed by atoms with E-state index in [1.165, 1.54) is 4.88 Å². The molecular formula is C18H18N2O3S. The minimum absolute atomic E-state index is 0.0163. The molecule has 0 fully saturated rings. The lowest BCUT2D eigenvalue weighted by Crippen LogP contribution is -2.34. The number of aromatic nitrogens is 1. The largest absolute Gasteiger partial charge is 0.496 e. The Labute approximate surface area is 144 Å². The maximum absolute atomic E-state index is 12.3. The lowest BCUT2D eigenvalue weighted by molar-refractivity contribution is 0.0931. The smallest absolute Gasteiger partial charge is 0.273 e. The lowest BCUT2D eigenvalue weighted by atomic mass is 10.1. The van der Waals surface area contributed by atoms with Crippen molar-refractivity contribution in [2.24, 2.45) is 0 Å². The number of nitrogens with zero attached hydrogens (tertiary/aromatic N) is 1. The number of nitrogens with one attached hydrogen (secondary N) is 1. The van der Waals surface area contributed by atoms with Gasteiger partial charge in [0.25, 0.3) is 5.91 Å². The Balaban J connectivity index is 1.69. The van der Waals surface area contributed by atoms with Crippen LogP contribution < -0.4 is 10.1 Å². The predicted molar refractivity (Wildman–Crippen MR) is 93.4 cm³/mol. The first-order valence-corrected chi connectivity index (χ1v) is 8.48. The summed E-state index contributed by atoms with van der Waals surface area (Å²) >= 11 is 1.68. The third kappa shape index (κ3) is 3.65. The van der Waals surface area contributed by atoms with E-state index in [0.717, 1.165) is 12.0 Å². The van der Waals surface area contributed by atoms with E-state index in [0.29, 0.717) is 11.5 Å². The van der Waals surface area contributed by atoms with Gasteiger partial charge in [-0.2, -0.15) is 0 Å². The molecule has 0 aliphatic carbocycles. The van der Waals surface area contributed by atoms with Gasteiger partial charge in [-0.25, -0.2) is 0 Å². The predicted octanol–water partition coefficient (Wildman–Crippen LogP) is 3.77. The highest BCUT2D eigenvalue weighted by molar-refractivity contribution is 7.09. The van der Waals surface area contributed by atoms with Crippen LogP contribution >= 0.6 is 11.3 Å². The number of para-hydroxylation sites is 1. The maximum atomic E-state index is 12.3. The Hall–Kier alpha value is -2.60. The van der Waals surface area contributed by atoms with Crippen LogP contribution in [0.25, 0.3) is 11.3 Å². The van der Waals surface area contributed by atoms with Crippen molar-refractivity contribution in [3.8, 4) is 17.1 Å².